The second kappa shape index (κ2) is 9.65. The van der Waals surface area contributed by atoms with Crippen molar-refractivity contribution in [2.45, 2.75) is 51.0 Å². The Bertz CT molecular complexity index is 829. The lowest BCUT2D eigenvalue weighted by Crippen LogP contribution is -2.39. The molecule has 4 rings (SSSR count). The van der Waals surface area contributed by atoms with Gasteiger partial charge in [0.2, 0.25) is 0 Å². The normalized spacial score (nSPS) is 20.1. The molecule has 1 saturated heterocycles. The molecular formula is C24H28BrFINO. The molecular weight excluding hydrogens is 544 g/mol. The third kappa shape index (κ3) is 5.53. The van der Waals surface area contributed by atoms with Crippen LogP contribution in [0, 0.1) is 14.8 Å². The van der Waals surface area contributed by atoms with Gasteiger partial charge in [-0.15, -0.1) is 0 Å². The molecule has 0 bridgehead atoms. The van der Waals surface area contributed by atoms with Gasteiger partial charge >= 0.3 is 0 Å². The van der Waals surface area contributed by atoms with Crippen LogP contribution >= 0.6 is 38.5 Å². The first-order chi connectivity index (χ1) is 14.0. The fourth-order valence-electron chi connectivity index (χ4n) is 4.92. The van der Waals surface area contributed by atoms with E-state index in [4.69, 9.17) is 4.74 Å². The zero-order valence-electron chi connectivity index (χ0n) is 16.7. The summed E-state index contributed by atoms with van der Waals surface area (Å²) in [5.41, 5.74) is 1.27. The van der Waals surface area contributed by atoms with E-state index >= 15 is 0 Å². The molecule has 2 fully saturated rings. The Hall–Kier alpha value is -0.660. The molecule has 5 heteroatoms. The van der Waals surface area contributed by atoms with Crippen LogP contribution in [0.5, 0.6) is 5.75 Å². The van der Waals surface area contributed by atoms with Crippen LogP contribution in [0.15, 0.2) is 46.9 Å². The molecule has 2 aromatic rings. The maximum atomic E-state index is 14.7. The van der Waals surface area contributed by atoms with Gasteiger partial charge in [0.15, 0.2) is 0 Å². The number of ether oxygens (including phenoxy) is 1. The molecule has 0 aromatic heterocycles. The number of nitrogens with zero attached hydrogens (tertiary/aromatic N) is 1. The number of rotatable bonds is 6. The minimum atomic E-state index is -0.288. The summed E-state index contributed by atoms with van der Waals surface area (Å²) in [6.45, 7) is 3.28. The van der Waals surface area contributed by atoms with E-state index in [1.54, 1.807) is 0 Å². The molecule has 1 aliphatic heterocycles. The Morgan fingerprint density at radius 1 is 1.07 bits per heavy atom. The van der Waals surface area contributed by atoms with Gasteiger partial charge in [0.1, 0.15) is 17.7 Å². The predicted molar refractivity (Wildman–Crippen MR) is 128 cm³/mol. The molecule has 29 heavy (non-hydrogen) atoms. The SMILES string of the molecule is Fc1cc(Br)ccc1C(CCN1CCC2(CCCC2)CC1)Oc1cccc(I)c1. The number of piperidine rings is 1. The minimum Gasteiger partial charge on any atom is -0.486 e. The van der Waals surface area contributed by atoms with Crippen LogP contribution in [0.4, 0.5) is 4.39 Å². The summed E-state index contributed by atoms with van der Waals surface area (Å²) in [4.78, 5) is 2.55. The standard InChI is InChI=1S/C24H28BrFINO/c25-18-6-7-21(22(26)16-18)23(29-20-5-3-4-19(27)17-20)8-13-28-14-11-24(12-15-28)9-1-2-10-24/h3-7,16-17,23H,1-2,8-15H2. The number of hydrogen-bond acceptors (Lipinski definition) is 2. The van der Waals surface area contributed by atoms with Crippen molar-refractivity contribution in [2.24, 2.45) is 5.41 Å². The topological polar surface area (TPSA) is 12.5 Å². The van der Waals surface area contributed by atoms with E-state index in [1.807, 2.05) is 36.4 Å². The molecule has 1 atom stereocenters. The maximum absolute atomic E-state index is 14.7. The number of benzene rings is 2. The average Bonchev–Trinajstić information content (AvgIpc) is 3.15. The first kappa shape index (κ1) is 21.6. The smallest absolute Gasteiger partial charge is 0.131 e. The largest absolute Gasteiger partial charge is 0.486 e. The summed E-state index contributed by atoms with van der Waals surface area (Å²) in [7, 11) is 0. The molecule has 0 radical (unpaired) electrons. The van der Waals surface area contributed by atoms with Crippen molar-refractivity contribution in [2.75, 3.05) is 19.6 Å². The van der Waals surface area contributed by atoms with Gasteiger partial charge in [0, 0.05) is 26.6 Å². The monoisotopic (exact) mass is 571 g/mol. The second-order valence-electron chi connectivity index (χ2n) is 8.57. The van der Waals surface area contributed by atoms with Crippen LogP contribution in [-0.4, -0.2) is 24.5 Å². The Labute approximate surface area is 195 Å². The lowest BCUT2D eigenvalue weighted by atomic mass is 9.77. The molecule has 1 heterocycles. The average molecular weight is 572 g/mol. The van der Waals surface area contributed by atoms with Gasteiger partial charge in [-0.3, -0.25) is 0 Å². The molecule has 0 amide bonds. The number of hydrogen-bond donors (Lipinski definition) is 0. The predicted octanol–water partition coefficient (Wildman–Crippen LogP) is 7.36. The summed E-state index contributed by atoms with van der Waals surface area (Å²) in [5, 5.41) is 0. The van der Waals surface area contributed by atoms with Crippen LogP contribution in [0.25, 0.3) is 0 Å². The Balaban J connectivity index is 1.44. The highest BCUT2D eigenvalue weighted by atomic mass is 127. The molecule has 1 unspecified atom stereocenters. The molecule has 1 aliphatic carbocycles. The van der Waals surface area contributed by atoms with E-state index in [9.17, 15) is 4.39 Å². The van der Waals surface area contributed by atoms with Gasteiger partial charge in [-0.1, -0.05) is 40.9 Å². The zero-order chi connectivity index (χ0) is 20.3. The fraction of sp³-hybridized carbons (Fsp3) is 0.500. The fourth-order valence-corrected chi connectivity index (χ4v) is 5.77. The quantitative estimate of drug-likeness (QED) is 0.336. The first-order valence-corrected chi connectivity index (χ1v) is 12.5. The highest BCUT2D eigenvalue weighted by molar-refractivity contribution is 14.1. The van der Waals surface area contributed by atoms with Crippen molar-refractivity contribution >= 4 is 38.5 Å². The van der Waals surface area contributed by atoms with E-state index in [-0.39, 0.29) is 11.9 Å². The van der Waals surface area contributed by atoms with E-state index in [0.717, 1.165) is 26.8 Å². The Morgan fingerprint density at radius 2 is 1.83 bits per heavy atom. The summed E-state index contributed by atoms with van der Waals surface area (Å²) < 4.78 is 22.9. The van der Waals surface area contributed by atoms with Crippen molar-refractivity contribution in [3.63, 3.8) is 0 Å². The first-order valence-electron chi connectivity index (χ1n) is 10.6. The lowest BCUT2D eigenvalue weighted by Gasteiger charge is -2.39. The highest BCUT2D eigenvalue weighted by Crippen LogP contribution is 2.46. The maximum Gasteiger partial charge on any atom is 0.131 e. The summed E-state index contributed by atoms with van der Waals surface area (Å²) in [6.07, 6.45) is 8.81. The molecule has 156 valence electrons. The van der Waals surface area contributed by atoms with E-state index in [2.05, 4.69) is 43.4 Å². The van der Waals surface area contributed by atoms with Crippen LogP contribution < -0.4 is 4.74 Å². The third-order valence-corrected chi connectivity index (χ3v) is 7.84. The minimum absolute atomic E-state index is 0.210. The van der Waals surface area contributed by atoms with Gasteiger partial charge < -0.3 is 9.64 Å². The molecule has 2 aliphatic rings. The second-order valence-corrected chi connectivity index (χ2v) is 10.7. The van der Waals surface area contributed by atoms with E-state index in [1.165, 1.54) is 57.7 Å². The molecule has 2 nitrogen and oxygen atoms in total. The molecule has 1 spiro atoms. The van der Waals surface area contributed by atoms with Crippen molar-refractivity contribution < 1.29 is 9.13 Å². The molecule has 1 saturated carbocycles. The summed E-state index contributed by atoms with van der Waals surface area (Å²) in [5.74, 6) is 0.589. The van der Waals surface area contributed by atoms with Crippen LogP contribution in [0.1, 0.15) is 56.6 Å². The summed E-state index contributed by atoms with van der Waals surface area (Å²) >= 11 is 5.64. The van der Waals surface area contributed by atoms with Crippen molar-refractivity contribution in [3.8, 4) is 5.75 Å². The highest BCUT2D eigenvalue weighted by Gasteiger charge is 2.36. The molecule has 0 N–H and O–H groups in total. The van der Waals surface area contributed by atoms with E-state index < -0.39 is 0 Å². The number of halogens is 3. The van der Waals surface area contributed by atoms with Crippen molar-refractivity contribution in [1.82, 2.24) is 4.90 Å². The van der Waals surface area contributed by atoms with Gasteiger partial charge in [0.25, 0.3) is 0 Å². The third-order valence-electron chi connectivity index (χ3n) is 6.67. The lowest BCUT2D eigenvalue weighted by molar-refractivity contribution is 0.0918. The van der Waals surface area contributed by atoms with Crippen molar-refractivity contribution in [1.29, 1.82) is 0 Å². The van der Waals surface area contributed by atoms with Gasteiger partial charge in [0.05, 0.1) is 0 Å². The van der Waals surface area contributed by atoms with Crippen molar-refractivity contribution in [3.05, 3.63) is 61.9 Å². The van der Waals surface area contributed by atoms with Gasteiger partial charge in [-0.25, -0.2) is 4.39 Å². The summed E-state index contributed by atoms with van der Waals surface area (Å²) in [6, 6.07) is 13.3. The molecule has 2 aromatic carbocycles. The van der Waals surface area contributed by atoms with Gasteiger partial charge in [-0.2, -0.15) is 0 Å². The Morgan fingerprint density at radius 3 is 2.52 bits per heavy atom. The zero-order valence-corrected chi connectivity index (χ0v) is 20.4. The number of likely N-dealkylation sites (tertiary alicyclic amines) is 1. The Kier molecular flexibility index (Phi) is 7.18. The van der Waals surface area contributed by atoms with Crippen LogP contribution in [0.3, 0.4) is 0 Å². The van der Waals surface area contributed by atoms with Crippen LogP contribution in [-0.2, 0) is 0 Å². The van der Waals surface area contributed by atoms with Crippen LogP contribution in [0.2, 0.25) is 0 Å². The van der Waals surface area contributed by atoms with Gasteiger partial charge in [-0.05, 0) is 97.1 Å². The van der Waals surface area contributed by atoms with E-state index in [0.29, 0.717) is 11.0 Å².